The van der Waals surface area contributed by atoms with Crippen LogP contribution in [0.5, 0.6) is 0 Å². The molecule has 5 atom stereocenters. The molecule has 0 unspecified atom stereocenters. The molecule has 0 bridgehead atoms. The maximum Gasteiger partial charge on any atom is 0.253 e. The summed E-state index contributed by atoms with van der Waals surface area (Å²) in [6.45, 7) is 6.48. The van der Waals surface area contributed by atoms with Crippen LogP contribution in [0, 0.1) is 18.3 Å². The van der Waals surface area contributed by atoms with Crippen LogP contribution in [0.3, 0.4) is 0 Å². The van der Waals surface area contributed by atoms with Crippen molar-refractivity contribution in [1.82, 2.24) is 10.2 Å². The van der Waals surface area contributed by atoms with E-state index in [2.05, 4.69) is 50.4 Å². The Kier molecular flexibility index (Phi) is 6.56. The minimum atomic E-state index is -0.402. The largest absolute Gasteiger partial charge is 0.395 e. The number of amides is 2. The maximum atomic E-state index is 12.9. The summed E-state index contributed by atoms with van der Waals surface area (Å²) in [5.41, 5.74) is 3.57. The molecule has 6 heteroatoms. The van der Waals surface area contributed by atoms with Crippen LogP contribution in [0.4, 0.5) is 0 Å². The number of hydrogen-bond donors (Lipinski definition) is 2. The van der Waals surface area contributed by atoms with Crippen molar-refractivity contribution < 1.29 is 14.7 Å². The number of carbonyl (C=O) groups is 2. The molecule has 1 aliphatic carbocycles. The molecule has 2 N–H and O–H groups in total. The fourth-order valence-electron chi connectivity index (χ4n) is 6.05. The summed E-state index contributed by atoms with van der Waals surface area (Å²) in [6, 6.07) is 14.3. The minimum absolute atomic E-state index is 0.0726. The Morgan fingerprint density at radius 3 is 2.58 bits per heavy atom. The number of nitrogens with zero attached hydrogens (tertiary/aromatic N) is 1. The van der Waals surface area contributed by atoms with Crippen LogP contribution in [0.25, 0.3) is 0 Å². The second-order valence-corrected chi connectivity index (χ2v) is 10.4. The second kappa shape index (κ2) is 9.11. The van der Waals surface area contributed by atoms with Gasteiger partial charge in [0.2, 0.25) is 5.91 Å². The Labute approximate surface area is 201 Å². The molecule has 0 spiro atoms. The zero-order chi connectivity index (χ0) is 23.9. The van der Waals surface area contributed by atoms with Crippen molar-refractivity contribution in [1.29, 1.82) is 0 Å². The molecule has 176 valence electrons. The number of halogens is 1. The first kappa shape index (κ1) is 23.8. The number of carbonyl (C=O) groups excluding carboxylic acids is 2. The van der Waals surface area contributed by atoms with Crippen molar-refractivity contribution in [3.05, 3.63) is 69.7 Å². The predicted octanol–water partition coefficient (Wildman–Crippen LogP) is 4.51. The van der Waals surface area contributed by atoms with Gasteiger partial charge in [-0.15, -0.1) is 0 Å². The van der Waals surface area contributed by atoms with E-state index in [-0.39, 0.29) is 48.8 Å². The molecule has 2 fully saturated rings. The molecule has 0 aromatic heterocycles. The number of rotatable bonds is 5. The number of nitrogens with one attached hydrogen (secondary N) is 1. The van der Waals surface area contributed by atoms with Gasteiger partial charge in [-0.25, -0.2) is 0 Å². The third kappa shape index (κ3) is 4.17. The second-order valence-electron chi connectivity index (χ2n) is 9.97. The van der Waals surface area contributed by atoms with E-state index in [1.807, 2.05) is 12.1 Å². The van der Waals surface area contributed by atoms with E-state index in [0.29, 0.717) is 10.6 Å². The van der Waals surface area contributed by atoms with Gasteiger partial charge in [0.1, 0.15) is 0 Å². The average Bonchev–Trinajstić information content (AvgIpc) is 3.02. The molecule has 33 heavy (non-hydrogen) atoms. The molecule has 4 rings (SSSR count). The topological polar surface area (TPSA) is 69.6 Å². The molecule has 2 aliphatic rings. The summed E-state index contributed by atoms with van der Waals surface area (Å²) >= 11 is 6.81. The van der Waals surface area contributed by atoms with Gasteiger partial charge in [0.25, 0.3) is 5.91 Å². The molecule has 0 radical (unpaired) electrons. The van der Waals surface area contributed by atoms with E-state index in [0.717, 1.165) is 18.4 Å². The molecule has 1 heterocycles. The zero-order valence-corrected chi connectivity index (χ0v) is 20.5. The summed E-state index contributed by atoms with van der Waals surface area (Å²) < 4.78 is 0. The number of aliphatic hydroxyl groups is 1. The van der Waals surface area contributed by atoms with Crippen LogP contribution in [0.2, 0.25) is 5.02 Å². The molecular weight excluding hydrogens is 436 g/mol. The van der Waals surface area contributed by atoms with Crippen LogP contribution in [0.1, 0.15) is 65.6 Å². The number of benzene rings is 2. The standard InChI is InChI=1S/C27H33ClN2O3/c1-16-5-7-18(8-6-16)23-21(11-12-27(3)24(23)17(2)29-26(27)33)20-10-9-19(15-22(20)28)25(32)30(4)13-14-31/h5-10,15,17,21,23-24,31H,11-14H2,1-4H3,(H,29,33)/t17-,21+,23+,24+,27-/m1/s1. The lowest BCUT2D eigenvalue weighted by atomic mass is 9.56. The highest BCUT2D eigenvalue weighted by molar-refractivity contribution is 6.31. The average molecular weight is 469 g/mol. The Balaban J connectivity index is 1.75. The van der Waals surface area contributed by atoms with Crippen LogP contribution >= 0.6 is 11.6 Å². The highest BCUT2D eigenvalue weighted by Gasteiger charge is 2.57. The molecule has 1 saturated carbocycles. The lowest BCUT2D eigenvalue weighted by molar-refractivity contribution is -0.129. The summed E-state index contributed by atoms with van der Waals surface area (Å²) in [5.74, 6) is 0.416. The summed E-state index contributed by atoms with van der Waals surface area (Å²) in [5, 5.41) is 12.9. The highest BCUT2D eigenvalue weighted by Crippen LogP contribution is 2.59. The SMILES string of the molecule is Cc1ccc([C@@H]2[C@@H]3[C@@H](C)NC(=O)[C@]3(C)CC[C@H]2c2ccc(C(=O)N(C)CCO)cc2Cl)cc1. The quantitative estimate of drug-likeness (QED) is 0.678. The van der Waals surface area contributed by atoms with Crippen LogP contribution in [-0.4, -0.2) is 48.1 Å². The third-order valence-electron chi connectivity index (χ3n) is 7.84. The van der Waals surface area contributed by atoms with Gasteiger partial charge >= 0.3 is 0 Å². The summed E-state index contributed by atoms with van der Waals surface area (Å²) in [7, 11) is 1.67. The first-order chi connectivity index (χ1) is 15.7. The Morgan fingerprint density at radius 2 is 1.94 bits per heavy atom. The lowest BCUT2D eigenvalue weighted by Crippen LogP contribution is -2.42. The van der Waals surface area contributed by atoms with Crippen LogP contribution in [0.15, 0.2) is 42.5 Å². The first-order valence-corrected chi connectivity index (χ1v) is 12.1. The maximum absolute atomic E-state index is 12.9. The summed E-state index contributed by atoms with van der Waals surface area (Å²) in [6.07, 6.45) is 1.65. The highest BCUT2D eigenvalue weighted by atomic mass is 35.5. The van der Waals surface area contributed by atoms with Gasteiger partial charge in [-0.2, -0.15) is 0 Å². The first-order valence-electron chi connectivity index (χ1n) is 11.7. The predicted molar refractivity (Wildman–Crippen MR) is 131 cm³/mol. The molecule has 1 saturated heterocycles. The van der Waals surface area contributed by atoms with Gasteiger partial charge in [-0.05, 0) is 61.8 Å². The molecule has 2 amide bonds. The van der Waals surface area contributed by atoms with Gasteiger partial charge < -0.3 is 15.3 Å². The summed E-state index contributed by atoms with van der Waals surface area (Å²) in [4.78, 5) is 27.1. The lowest BCUT2D eigenvalue weighted by Gasteiger charge is -2.46. The smallest absolute Gasteiger partial charge is 0.253 e. The molecule has 1 aliphatic heterocycles. The van der Waals surface area contributed by atoms with Gasteiger partial charge in [-0.3, -0.25) is 9.59 Å². The molecule has 5 nitrogen and oxygen atoms in total. The van der Waals surface area contributed by atoms with E-state index in [1.54, 1.807) is 13.1 Å². The minimum Gasteiger partial charge on any atom is -0.395 e. The fourth-order valence-corrected chi connectivity index (χ4v) is 6.37. The van der Waals surface area contributed by atoms with Crippen molar-refractivity contribution in [2.45, 2.75) is 51.5 Å². The Hall–Kier alpha value is -2.37. The number of likely N-dealkylation sites (N-methyl/N-ethyl adjacent to an activating group) is 1. The normalized spacial score (nSPS) is 28.8. The van der Waals surface area contributed by atoms with Crippen molar-refractivity contribution in [3.8, 4) is 0 Å². The van der Waals surface area contributed by atoms with Crippen molar-refractivity contribution >= 4 is 23.4 Å². The van der Waals surface area contributed by atoms with E-state index < -0.39 is 5.41 Å². The monoisotopic (exact) mass is 468 g/mol. The Bertz CT molecular complexity index is 1050. The van der Waals surface area contributed by atoms with E-state index in [4.69, 9.17) is 16.7 Å². The van der Waals surface area contributed by atoms with Gasteiger partial charge in [0.15, 0.2) is 0 Å². The number of aryl methyl sites for hydroxylation is 1. The van der Waals surface area contributed by atoms with Gasteiger partial charge in [-0.1, -0.05) is 54.4 Å². The molecular formula is C27H33ClN2O3. The van der Waals surface area contributed by atoms with Crippen LogP contribution < -0.4 is 5.32 Å². The number of aliphatic hydroxyl groups excluding tert-OH is 1. The van der Waals surface area contributed by atoms with Crippen molar-refractivity contribution in [2.24, 2.45) is 11.3 Å². The van der Waals surface area contributed by atoms with Crippen LogP contribution in [-0.2, 0) is 4.79 Å². The fraction of sp³-hybridized carbons (Fsp3) is 0.481. The number of fused-ring (bicyclic) bond motifs is 1. The van der Waals surface area contributed by atoms with Crippen molar-refractivity contribution in [2.75, 3.05) is 20.2 Å². The third-order valence-corrected chi connectivity index (χ3v) is 8.17. The van der Waals surface area contributed by atoms with E-state index in [9.17, 15) is 9.59 Å². The Morgan fingerprint density at radius 1 is 1.24 bits per heavy atom. The molecule has 2 aromatic rings. The van der Waals surface area contributed by atoms with E-state index >= 15 is 0 Å². The zero-order valence-electron chi connectivity index (χ0n) is 19.8. The van der Waals surface area contributed by atoms with Crippen molar-refractivity contribution in [3.63, 3.8) is 0 Å². The van der Waals surface area contributed by atoms with Gasteiger partial charge in [0.05, 0.1) is 12.0 Å². The van der Waals surface area contributed by atoms with E-state index in [1.165, 1.54) is 16.0 Å². The molecule has 2 aromatic carbocycles. The number of hydrogen-bond acceptors (Lipinski definition) is 3. The van der Waals surface area contributed by atoms with Gasteiger partial charge in [0, 0.05) is 36.1 Å².